The maximum Gasteiger partial charge on any atom is 0.259 e. The Morgan fingerprint density at radius 1 is 1.03 bits per heavy atom. The topological polar surface area (TPSA) is 49.4 Å². The number of anilines is 1. The summed E-state index contributed by atoms with van der Waals surface area (Å²) in [6.07, 6.45) is 3.31. The Bertz CT molecular complexity index is 1260. The standard InChI is InChI=1S/C29H29FN2O2S/c1-18-6-5-8-24(19(18)2)31-28(33)21-12-15-27-25(16-21)32(17-20-10-13-22(30)14-11-20)29(34)23-7-3-4-9-26(23)35-27/h3-4,7,9-16,18-19,24H,5-6,8,17H2,1-2H3,(H,31,33)/t18-,19-,24+/m1/s1. The average Bonchev–Trinajstić information content (AvgIpc) is 2.97. The van der Waals surface area contributed by atoms with E-state index < -0.39 is 0 Å². The third kappa shape index (κ3) is 4.85. The van der Waals surface area contributed by atoms with Crippen molar-refractivity contribution in [3.8, 4) is 0 Å². The number of carbonyl (C=O) groups is 2. The zero-order chi connectivity index (χ0) is 24.5. The molecule has 1 heterocycles. The second-order valence-electron chi connectivity index (χ2n) is 9.65. The van der Waals surface area contributed by atoms with Gasteiger partial charge in [0.2, 0.25) is 0 Å². The third-order valence-corrected chi connectivity index (χ3v) is 8.51. The van der Waals surface area contributed by atoms with Crippen LogP contribution in [-0.4, -0.2) is 17.9 Å². The number of nitrogens with zero attached hydrogens (tertiary/aromatic N) is 1. The van der Waals surface area contributed by atoms with Gasteiger partial charge in [0.05, 0.1) is 17.8 Å². The van der Waals surface area contributed by atoms with Gasteiger partial charge >= 0.3 is 0 Å². The normalized spacial score (nSPS) is 21.6. The Morgan fingerprint density at radius 2 is 1.80 bits per heavy atom. The van der Waals surface area contributed by atoms with Crippen molar-refractivity contribution in [2.45, 2.75) is 55.5 Å². The first kappa shape index (κ1) is 23.6. The van der Waals surface area contributed by atoms with Crippen molar-refractivity contribution in [1.82, 2.24) is 5.32 Å². The molecule has 4 nitrogen and oxygen atoms in total. The van der Waals surface area contributed by atoms with Crippen molar-refractivity contribution in [3.63, 3.8) is 0 Å². The minimum Gasteiger partial charge on any atom is -0.349 e. The maximum atomic E-state index is 13.7. The molecule has 3 aromatic rings. The van der Waals surface area contributed by atoms with E-state index in [1.807, 2.05) is 42.5 Å². The van der Waals surface area contributed by atoms with Crippen LogP contribution in [0.5, 0.6) is 0 Å². The number of amides is 2. The number of hydrogen-bond donors (Lipinski definition) is 1. The van der Waals surface area contributed by atoms with Crippen molar-refractivity contribution < 1.29 is 14.0 Å². The van der Waals surface area contributed by atoms with Crippen LogP contribution in [0.25, 0.3) is 0 Å². The molecule has 1 fully saturated rings. The molecule has 3 atom stereocenters. The van der Waals surface area contributed by atoms with Gasteiger partial charge in [-0.05, 0) is 66.3 Å². The van der Waals surface area contributed by atoms with E-state index in [2.05, 4.69) is 19.2 Å². The lowest BCUT2D eigenvalue weighted by molar-refractivity contribution is 0.0889. The van der Waals surface area contributed by atoms with Gasteiger partial charge < -0.3 is 10.2 Å². The molecule has 6 heteroatoms. The fraction of sp³-hybridized carbons (Fsp3) is 0.310. The summed E-state index contributed by atoms with van der Waals surface area (Å²) in [4.78, 5) is 30.4. The Balaban J connectivity index is 1.50. The number of halogens is 1. The highest BCUT2D eigenvalue weighted by Gasteiger charge is 2.30. The number of benzene rings is 3. The molecule has 2 aliphatic rings. The summed E-state index contributed by atoms with van der Waals surface area (Å²) in [5.41, 5.74) is 2.66. The first-order valence-electron chi connectivity index (χ1n) is 12.2. The van der Waals surface area contributed by atoms with Crippen LogP contribution >= 0.6 is 11.8 Å². The molecule has 0 unspecified atom stereocenters. The molecule has 180 valence electrons. The molecule has 1 N–H and O–H groups in total. The highest BCUT2D eigenvalue weighted by Crippen LogP contribution is 2.42. The summed E-state index contributed by atoms with van der Waals surface area (Å²) >= 11 is 1.53. The minimum atomic E-state index is -0.317. The van der Waals surface area contributed by atoms with E-state index >= 15 is 0 Å². The second-order valence-corrected chi connectivity index (χ2v) is 10.7. The Labute approximate surface area is 209 Å². The van der Waals surface area contributed by atoms with E-state index in [4.69, 9.17) is 0 Å². The zero-order valence-electron chi connectivity index (χ0n) is 20.0. The van der Waals surface area contributed by atoms with Gasteiger partial charge in [0.25, 0.3) is 11.8 Å². The molecule has 1 aliphatic carbocycles. The molecular formula is C29H29FN2O2S. The van der Waals surface area contributed by atoms with Crippen LogP contribution in [0.1, 0.15) is 59.4 Å². The van der Waals surface area contributed by atoms with Gasteiger partial charge in [-0.25, -0.2) is 4.39 Å². The van der Waals surface area contributed by atoms with Crippen LogP contribution < -0.4 is 10.2 Å². The van der Waals surface area contributed by atoms with Crippen LogP contribution in [0.3, 0.4) is 0 Å². The van der Waals surface area contributed by atoms with Crippen LogP contribution in [-0.2, 0) is 6.54 Å². The van der Waals surface area contributed by atoms with Crippen molar-refractivity contribution in [2.24, 2.45) is 11.8 Å². The highest BCUT2D eigenvalue weighted by atomic mass is 32.2. The molecule has 1 saturated carbocycles. The molecule has 35 heavy (non-hydrogen) atoms. The van der Waals surface area contributed by atoms with Crippen molar-refractivity contribution in [1.29, 1.82) is 0 Å². The third-order valence-electron chi connectivity index (χ3n) is 7.37. The largest absolute Gasteiger partial charge is 0.349 e. The second kappa shape index (κ2) is 9.86. The minimum absolute atomic E-state index is 0.111. The fourth-order valence-electron chi connectivity index (χ4n) is 5.03. The van der Waals surface area contributed by atoms with Gasteiger partial charge in [-0.15, -0.1) is 0 Å². The number of hydrogen-bond acceptors (Lipinski definition) is 3. The predicted molar refractivity (Wildman–Crippen MR) is 137 cm³/mol. The van der Waals surface area contributed by atoms with E-state index in [9.17, 15) is 14.0 Å². The van der Waals surface area contributed by atoms with E-state index in [0.29, 0.717) is 28.7 Å². The van der Waals surface area contributed by atoms with Crippen molar-refractivity contribution >= 4 is 29.3 Å². The fourth-order valence-corrected chi connectivity index (χ4v) is 6.09. The summed E-state index contributed by atoms with van der Waals surface area (Å²) in [7, 11) is 0. The van der Waals surface area contributed by atoms with Crippen LogP contribution in [0.4, 0.5) is 10.1 Å². The predicted octanol–water partition coefficient (Wildman–Crippen LogP) is 6.69. The summed E-state index contributed by atoms with van der Waals surface area (Å²) in [5, 5.41) is 3.25. The van der Waals surface area contributed by atoms with Gasteiger partial charge in [0.15, 0.2) is 0 Å². The Kier molecular flexibility index (Phi) is 6.65. The summed E-state index contributed by atoms with van der Waals surface area (Å²) < 4.78 is 13.5. The first-order chi connectivity index (χ1) is 16.9. The molecular weight excluding hydrogens is 459 g/mol. The molecule has 0 saturated heterocycles. The quantitative estimate of drug-likeness (QED) is 0.445. The molecule has 0 spiro atoms. The van der Waals surface area contributed by atoms with E-state index in [0.717, 1.165) is 28.2 Å². The van der Waals surface area contributed by atoms with Gasteiger partial charge in [-0.1, -0.05) is 62.7 Å². The molecule has 2 amide bonds. The molecule has 0 radical (unpaired) electrons. The monoisotopic (exact) mass is 488 g/mol. The van der Waals surface area contributed by atoms with E-state index in [1.54, 1.807) is 17.0 Å². The lowest BCUT2D eigenvalue weighted by Crippen LogP contribution is -2.43. The van der Waals surface area contributed by atoms with Gasteiger partial charge in [0, 0.05) is 21.4 Å². The summed E-state index contributed by atoms with van der Waals surface area (Å²) in [5.74, 6) is 0.445. The Morgan fingerprint density at radius 3 is 2.60 bits per heavy atom. The summed E-state index contributed by atoms with van der Waals surface area (Å²) in [6.45, 7) is 4.74. The number of nitrogens with one attached hydrogen (secondary N) is 1. The van der Waals surface area contributed by atoms with Crippen LogP contribution in [0.15, 0.2) is 76.5 Å². The number of carbonyl (C=O) groups excluding carboxylic acids is 2. The number of fused-ring (bicyclic) bond motifs is 2. The molecule has 3 aromatic carbocycles. The van der Waals surface area contributed by atoms with Gasteiger partial charge in [0.1, 0.15) is 5.82 Å². The van der Waals surface area contributed by atoms with Crippen molar-refractivity contribution in [3.05, 3.63) is 89.2 Å². The SMILES string of the molecule is C[C@@H]1[C@H](C)CCC[C@@H]1NC(=O)c1ccc2c(c1)N(Cc1ccc(F)cc1)C(=O)c1ccccc1S2. The molecule has 0 bridgehead atoms. The number of rotatable bonds is 4. The van der Waals surface area contributed by atoms with Gasteiger partial charge in [-0.3, -0.25) is 9.59 Å². The lowest BCUT2D eigenvalue weighted by atomic mass is 9.78. The van der Waals surface area contributed by atoms with E-state index in [-0.39, 0.29) is 30.2 Å². The average molecular weight is 489 g/mol. The van der Waals surface area contributed by atoms with E-state index in [1.165, 1.54) is 30.3 Å². The van der Waals surface area contributed by atoms with Crippen molar-refractivity contribution in [2.75, 3.05) is 4.90 Å². The molecule has 0 aromatic heterocycles. The highest BCUT2D eigenvalue weighted by molar-refractivity contribution is 7.99. The first-order valence-corrected chi connectivity index (χ1v) is 13.0. The van der Waals surface area contributed by atoms with Gasteiger partial charge in [-0.2, -0.15) is 0 Å². The summed E-state index contributed by atoms with van der Waals surface area (Å²) in [6, 6.07) is 19.5. The smallest absolute Gasteiger partial charge is 0.259 e. The maximum absolute atomic E-state index is 13.7. The zero-order valence-corrected chi connectivity index (χ0v) is 20.8. The molecule has 1 aliphatic heterocycles. The van der Waals surface area contributed by atoms with Crippen LogP contribution in [0, 0.1) is 17.7 Å². The molecule has 5 rings (SSSR count). The lowest BCUT2D eigenvalue weighted by Gasteiger charge is -2.34. The van der Waals surface area contributed by atoms with Crippen LogP contribution in [0.2, 0.25) is 0 Å². The Hall–Kier alpha value is -3.12.